The minimum absolute atomic E-state index is 1.42. The van der Waals surface area contributed by atoms with Crippen LogP contribution in [0.4, 0.5) is 26.3 Å². The first kappa shape index (κ1) is 18.4. The van der Waals surface area contributed by atoms with Gasteiger partial charge < -0.3 is 19.7 Å². The predicted octanol–water partition coefficient (Wildman–Crippen LogP) is 0.910. The zero-order valence-electron chi connectivity index (χ0n) is 9.72. The third-order valence-electron chi connectivity index (χ3n) is 1.72. The van der Waals surface area contributed by atoms with Crippen molar-refractivity contribution >= 4 is 0 Å². The molecule has 0 saturated heterocycles. The summed E-state index contributed by atoms with van der Waals surface area (Å²) in [4.78, 5) is 0. The van der Waals surface area contributed by atoms with Crippen LogP contribution in [0, 0.1) is 0 Å². The number of hydrogen-bond donors (Lipinski definition) is 2. The Hall–Kier alpha value is -0.580. The van der Waals surface area contributed by atoms with Crippen LogP contribution in [0.2, 0.25) is 0 Å². The zero-order chi connectivity index (χ0) is 15.2. The summed E-state index contributed by atoms with van der Waals surface area (Å²) in [5.74, 6) is -11.0. The normalized spacial score (nSPS) is 13.9. The van der Waals surface area contributed by atoms with Gasteiger partial charge in [-0.15, -0.1) is 0 Å². The van der Waals surface area contributed by atoms with E-state index in [1.807, 2.05) is 0 Å². The van der Waals surface area contributed by atoms with Crippen LogP contribution >= 0.6 is 0 Å². The Labute approximate surface area is 104 Å². The van der Waals surface area contributed by atoms with Crippen molar-refractivity contribution in [2.24, 2.45) is 0 Å². The van der Waals surface area contributed by atoms with Gasteiger partial charge in [0.25, 0.3) is 17.8 Å². The highest BCUT2D eigenvalue weighted by Crippen LogP contribution is 2.19. The highest BCUT2D eigenvalue weighted by Gasteiger charge is 2.36. The Morgan fingerprint density at radius 2 is 0.842 bits per heavy atom. The van der Waals surface area contributed by atoms with Gasteiger partial charge in [-0.2, -0.15) is 0 Å². The average molecular weight is 300 g/mol. The maximum absolute atomic E-state index is 12.9. The third kappa shape index (κ3) is 9.03. The van der Waals surface area contributed by atoms with Gasteiger partial charge in [0.05, 0.1) is 0 Å². The van der Waals surface area contributed by atoms with E-state index in [4.69, 9.17) is 10.2 Å². The van der Waals surface area contributed by atoms with Crippen molar-refractivity contribution in [3.8, 4) is 0 Å². The number of halogens is 6. The highest BCUT2D eigenvalue weighted by atomic mass is 19.3. The van der Waals surface area contributed by atoms with Crippen LogP contribution in [0.25, 0.3) is 0 Å². The molecule has 0 aromatic rings. The highest BCUT2D eigenvalue weighted by molar-refractivity contribution is 4.69. The first-order valence-electron chi connectivity index (χ1n) is 5.04. The molecule has 116 valence electrons. The molecule has 0 aromatic heterocycles. The first-order valence-corrected chi connectivity index (χ1v) is 5.04. The Kier molecular flexibility index (Phi) is 7.05. The van der Waals surface area contributed by atoms with Gasteiger partial charge in [-0.1, -0.05) is 0 Å². The molecule has 0 spiro atoms. The average Bonchev–Trinajstić information content (AvgIpc) is 2.28. The Bertz CT molecular complexity index is 237. The Morgan fingerprint density at radius 1 is 0.579 bits per heavy atom. The summed E-state index contributed by atoms with van der Waals surface area (Å²) in [6.45, 7) is -8.89. The van der Waals surface area contributed by atoms with Crippen molar-refractivity contribution in [3.05, 3.63) is 0 Å². The summed E-state index contributed by atoms with van der Waals surface area (Å²) in [5, 5.41) is 16.3. The standard InChI is InChI=1S/C9H14F6O4/c10-7(11,1-16)3-18-5-9(14,15)6-19-4-8(12,13)2-17/h16-17H,1-6H2. The lowest BCUT2D eigenvalue weighted by Crippen LogP contribution is -2.37. The molecule has 10 heteroatoms. The summed E-state index contributed by atoms with van der Waals surface area (Å²) in [6, 6.07) is 0. The maximum Gasteiger partial charge on any atom is 0.293 e. The fraction of sp³-hybridized carbons (Fsp3) is 1.00. The van der Waals surface area contributed by atoms with Crippen LogP contribution < -0.4 is 0 Å². The summed E-state index contributed by atoms with van der Waals surface area (Å²) in [6.07, 6.45) is 0. The second-order valence-electron chi connectivity index (χ2n) is 3.87. The van der Waals surface area contributed by atoms with Gasteiger partial charge in [-0.25, -0.2) is 26.3 Å². The quantitative estimate of drug-likeness (QED) is 0.589. The zero-order valence-corrected chi connectivity index (χ0v) is 9.72. The van der Waals surface area contributed by atoms with Crippen molar-refractivity contribution in [1.82, 2.24) is 0 Å². The topological polar surface area (TPSA) is 58.9 Å². The van der Waals surface area contributed by atoms with E-state index in [-0.39, 0.29) is 0 Å². The van der Waals surface area contributed by atoms with Crippen molar-refractivity contribution < 1.29 is 46.0 Å². The molecule has 0 rings (SSSR count). The summed E-state index contributed by atoms with van der Waals surface area (Å²) >= 11 is 0. The number of rotatable bonds is 10. The maximum atomic E-state index is 12.9. The van der Waals surface area contributed by atoms with Gasteiger partial charge in [0.15, 0.2) is 0 Å². The lowest BCUT2D eigenvalue weighted by atomic mass is 10.3. The number of ether oxygens (including phenoxy) is 2. The molecule has 0 unspecified atom stereocenters. The minimum atomic E-state index is -3.74. The lowest BCUT2D eigenvalue weighted by molar-refractivity contribution is -0.177. The van der Waals surface area contributed by atoms with Gasteiger partial charge in [0.2, 0.25) is 0 Å². The molecule has 0 radical (unpaired) electrons. The lowest BCUT2D eigenvalue weighted by Gasteiger charge is -2.20. The summed E-state index contributed by atoms with van der Waals surface area (Å²) < 4.78 is 83.4. The molecule has 0 heterocycles. The molecule has 0 bridgehead atoms. The summed E-state index contributed by atoms with van der Waals surface area (Å²) in [7, 11) is 0. The Balaban J connectivity index is 3.93. The molecule has 0 aromatic carbocycles. The number of aliphatic hydroxyl groups excluding tert-OH is 2. The first-order chi connectivity index (χ1) is 8.54. The molecule has 0 saturated carbocycles. The molecule has 19 heavy (non-hydrogen) atoms. The number of hydrogen-bond acceptors (Lipinski definition) is 4. The van der Waals surface area contributed by atoms with Crippen molar-refractivity contribution in [2.75, 3.05) is 39.6 Å². The third-order valence-corrected chi connectivity index (χ3v) is 1.72. The molecule has 0 amide bonds. The molecular weight excluding hydrogens is 286 g/mol. The van der Waals surface area contributed by atoms with Gasteiger partial charge >= 0.3 is 0 Å². The van der Waals surface area contributed by atoms with Crippen LogP contribution in [-0.2, 0) is 9.47 Å². The second kappa shape index (κ2) is 7.27. The van der Waals surface area contributed by atoms with E-state index in [0.29, 0.717) is 0 Å². The molecule has 0 aliphatic carbocycles. The summed E-state index contributed by atoms with van der Waals surface area (Å²) in [5.41, 5.74) is 0. The van der Waals surface area contributed by atoms with E-state index in [1.165, 1.54) is 0 Å². The van der Waals surface area contributed by atoms with Gasteiger partial charge in [-0.3, -0.25) is 0 Å². The van der Waals surface area contributed by atoms with Crippen molar-refractivity contribution in [3.63, 3.8) is 0 Å². The van der Waals surface area contributed by atoms with E-state index < -0.39 is 57.4 Å². The molecule has 0 aliphatic rings. The van der Waals surface area contributed by atoms with E-state index in [9.17, 15) is 26.3 Å². The van der Waals surface area contributed by atoms with Crippen LogP contribution in [0.1, 0.15) is 0 Å². The Morgan fingerprint density at radius 3 is 1.11 bits per heavy atom. The SMILES string of the molecule is OCC(F)(F)COCC(F)(F)COCC(F)(F)CO. The van der Waals surface area contributed by atoms with Crippen LogP contribution in [0.5, 0.6) is 0 Å². The smallest absolute Gasteiger partial charge is 0.293 e. The van der Waals surface area contributed by atoms with E-state index >= 15 is 0 Å². The van der Waals surface area contributed by atoms with Crippen LogP contribution in [0.15, 0.2) is 0 Å². The molecule has 2 N–H and O–H groups in total. The van der Waals surface area contributed by atoms with E-state index in [2.05, 4.69) is 9.47 Å². The fourth-order valence-electron chi connectivity index (χ4n) is 0.832. The molecule has 4 nitrogen and oxygen atoms in total. The molecular formula is C9H14F6O4. The predicted molar refractivity (Wildman–Crippen MR) is 50.7 cm³/mol. The van der Waals surface area contributed by atoms with Gasteiger partial charge in [0.1, 0.15) is 39.6 Å². The minimum Gasteiger partial charge on any atom is -0.390 e. The number of alkyl halides is 6. The largest absolute Gasteiger partial charge is 0.390 e. The van der Waals surface area contributed by atoms with Crippen LogP contribution in [0.3, 0.4) is 0 Å². The van der Waals surface area contributed by atoms with Gasteiger partial charge in [0, 0.05) is 0 Å². The second-order valence-corrected chi connectivity index (χ2v) is 3.87. The van der Waals surface area contributed by atoms with E-state index in [1.54, 1.807) is 0 Å². The molecule has 0 fully saturated rings. The fourth-order valence-corrected chi connectivity index (χ4v) is 0.832. The van der Waals surface area contributed by atoms with Crippen molar-refractivity contribution in [2.45, 2.75) is 17.8 Å². The van der Waals surface area contributed by atoms with E-state index in [0.717, 1.165) is 0 Å². The van der Waals surface area contributed by atoms with Crippen molar-refractivity contribution in [1.29, 1.82) is 0 Å². The monoisotopic (exact) mass is 300 g/mol. The van der Waals surface area contributed by atoms with Crippen LogP contribution in [-0.4, -0.2) is 67.6 Å². The number of aliphatic hydroxyl groups is 2. The molecule has 0 aliphatic heterocycles. The molecule has 0 atom stereocenters. The van der Waals surface area contributed by atoms with Gasteiger partial charge in [-0.05, 0) is 0 Å².